The Labute approximate surface area is 98.5 Å². The van der Waals surface area contributed by atoms with Crippen LogP contribution in [0.25, 0.3) is 0 Å². The maximum Gasteiger partial charge on any atom is 0.124 e. The predicted molar refractivity (Wildman–Crippen MR) is 62.5 cm³/mol. The summed E-state index contributed by atoms with van der Waals surface area (Å²) in [6.45, 7) is 0. The summed E-state index contributed by atoms with van der Waals surface area (Å²) >= 11 is 3.34. The van der Waals surface area contributed by atoms with E-state index >= 15 is 0 Å². The van der Waals surface area contributed by atoms with Crippen molar-refractivity contribution in [2.24, 2.45) is 0 Å². The Morgan fingerprint density at radius 1 is 1.33 bits per heavy atom. The first-order valence-electron chi connectivity index (χ1n) is 5.37. The average Bonchev–Trinajstić information content (AvgIpc) is 2.30. The van der Waals surface area contributed by atoms with E-state index in [9.17, 15) is 0 Å². The highest BCUT2D eigenvalue weighted by atomic mass is 79.9. The molecule has 1 aromatic rings. The monoisotopic (exact) mass is 264 g/mol. The molecule has 0 bridgehead atoms. The van der Waals surface area contributed by atoms with Crippen LogP contribution < -0.4 is 0 Å². The quantitative estimate of drug-likeness (QED) is 0.725. The third-order valence-corrected chi connectivity index (χ3v) is 3.69. The molecule has 0 aromatic carbocycles. The normalized spacial score (nSPS) is 17.3. The first-order chi connectivity index (χ1) is 7.33. The first-order valence-corrected chi connectivity index (χ1v) is 6.16. The molecule has 2 rings (SSSR count). The Hall–Kier alpha value is -0.880. The van der Waals surface area contributed by atoms with Crippen molar-refractivity contribution in [1.29, 1.82) is 5.26 Å². The standard InChI is InChI=1S/C12H13BrN2/c13-12-11(8-14)10(6-7-15-12)9-4-2-1-3-5-9/h6-7,9H,1-5H2. The summed E-state index contributed by atoms with van der Waals surface area (Å²) in [6.07, 6.45) is 8.13. The van der Waals surface area contributed by atoms with Crippen LogP contribution in [-0.2, 0) is 0 Å². The van der Waals surface area contributed by atoms with E-state index in [4.69, 9.17) is 5.26 Å². The Bertz CT molecular complexity index is 389. The molecule has 1 heterocycles. The van der Waals surface area contributed by atoms with Gasteiger partial charge in [-0.25, -0.2) is 4.98 Å². The van der Waals surface area contributed by atoms with Gasteiger partial charge in [-0.2, -0.15) is 5.26 Å². The van der Waals surface area contributed by atoms with Crippen molar-refractivity contribution < 1.29 is 0 Å². The number of nitriles is 1. The number of pyridine rings is 1. The molecule has 1 saturated carbocycles. The number of hydrogen-bond donors (Lipinski definition) is 0. The lowest BCUT2D eigenvalue weighted by molar-refractivity contribution is 0.442. The molecule has 0 atom stereocenters. The summed E-state index contributed by atoms with van der Waals surface area (Å²) in [7, 11) is 0. The van der Waals surface area contributed by atoms with Crippen molar-refractivity contribution in [3.8, 4) is 6.07 Å². The van der Waals surface area contributed by atoms with Gasteiger partial charge in [-0.1, -0.05) is 19.3 Å². The number of aromatic nitrogens is 1. The Morgan fingerprint density at radius 3 is 2.73 bits per heavy atom. The van der Waals surface area contributed by atoms with E-state index in [1.807, 2.05) is 6.07 Å². The Kier molecular flexibility index (Phi) is 3.37. The molecule has 0 unspecified atom stereocenters. The summed E-state index contributed by atoms with van der Waals surface area (Å²) in [5.74, 6) is 0.563. The molecule has 78 valence electrons. The van der Waals surface area contributed by atoms with Gasteiger partial charge < -0.3 is 0 Å². The molecular formula is C12H13BrN2. The molecule has 15 heavy (non-hydrogen) atoms. The Balaban J connectivity index is 2.34. The number of halogens is 1. The summed E-state index contributed by atoms with van der Waals surface area (Å²) in [6, 6.07) is 4.25. The van der Waals surface area contributed by atoms with Crippen LogP contribution in [0, 0.1) is 11.3 Å². The molecule has 1 aromatic heterocycles. The molecule has 0 radical (unpaired) electrons. The van der Waals surface area contributed by atoms with E-state index in [0.717, 1.165) is 5.56 Å². The third-order valence-electron chi connectivity index (χ3n) is 3.09. The van der Waals surface area contributed by atoms with Gasteiger partial charge >= 0.3 is 0 Å². The van der Waals surface area contributed by atoms with Crippen molar-refractivity contribution in [1.82, 2.24) is 4.98 Å². The molecule has 0 N–H and O–H groups in total. The summed E-state index contributed by atoms with van der Waals surface area (Å²) < 4.78 is 0.688. The molecular weight excluding hydrogens is 252 g/mol. The van der Waals surface area contributed by atoms with Crippen LogP contribution in [0.4, 0.5) is 0 Å². The molecule has 0 amide bonds. The van der Waals surface area contributed by atoms with Gasteiger partial charge in [0.2, 0.25) is 0 Å². The van der Waals surface area contributed by atoms with Gasteiger partial charge in [-0.3, -0.25) is 0 Å². The lowest BCUT2D eigenvalue weighted by atomic mass is 9.83. The van der Waals surface area contributed by atoms with Crippen molar-refractivity contribution in [3.05, 3.63) is 28.0 Å². The molecule has 0 aliphatic heterocycles. The Morgan fingerprint density at radius 2 is 2.07 bits per heavy atom. The van der Waals surface area contributed by atoms with Crippen LogP contribution in [0.5, 0.6) is 0 Å². The van der Waals surface area contributed by atoms with E-state index in [0.29, 0.717) is 10.5 Å². The fraction of sp³-hybridized carbons (Fsp3) is 0.500. The van der Waals surface area contributed by atoms with E-state index in [-0.39, 0.29) is 0 Å². The van der Waals surface area contributed by atoms with Crippen LogP contribution in [0.15, 0.2) is 16.9 Å². The van der Waals surface area contributed by atoms with Crippen LogP contribution in [-0.4, -0.2) is 4.98 Å². The average molecular weight is 265 g/mol. The van der Waals surface area contributed by atoms with E-state index in [2.05, 4.69) is 27.0 Å². The van der Waals surface area contributed by atoms with E-state index in [1.54, 1.807) is 6.20 Å². The highest BCUT2D eigenvalue weighted by Gasteiger charge is 2.19. The van der Waals surface area contributed by atoms with Gasteiger partial charge in [-0.05, 0) is 46.3 Å². The fourth-order valence-corrected chi connectivity index (χ4v) is 2.75. The number of nitrogens with zero attached hydrogens (tertiary/aromatic N) is 2. The third kappa shape index (κ3) is 2.21. The SMILES string of the molecule is N#Cc1c(C2CCCCC2)ccnc1Br. The van der Waals surface area contributed by atoms with Gasteiger partial charge in [0.1, 0.15) is 10.7 Å². The van der Waals surface area contributed by atoms with Gasteiger partial charge in [0, 0.05) is 6.20 Å². The van der Waals surface area contributed by atoms with Crippen molar-refractivity contribution in [2.45, 2.75) is 38.0 Å². The minimum Gasteiger partial charge on any atom is -0.248 e. The van der Waals surface area contributed by atoms with E-state index < -0.39 is 0 Å². The highest BCUT2D eigenvalue weighted by Crippen LogP contribution is 2.35. The van der Waals surface area contributed by atoms with Gasteiger partial charge in [-0.15, -0.1) is 0 Å². The smallest absolute Gasteiger partial charge is 0.124 e. The topological polar surface area (TPSA) is 36.7 Å². The lowest BCUT2D eigenvalue weighted by Crippen LogP contribution is -2.07. The van der Waals surface area contributed by atoms with Crippen LogP contribution >= 0.6 is 15.9 Å². The van der Waals surface area contributed by atoms with Gasteiger partial charge in [0.25, 0.3) is 0 Å². The molecule has 2 nitrogen and oxygen atoms in total. The second-order valence-electron chi connectivity index (χ2n) is 4.01. The summed E-state index contributed by atoms with van der Waals surface area (Å²) in [5.41, 5.74) is 1.91. The number of rotatable bonds is 1. The molecule has 0 spiro atoms. The van der Waals surface area contributed by atoms with Crippen LogP contribution in [0.2, 0.25) is 0 Å². The number of hydrogen-bond acceptors (Lipinski definition) is 2. The minimum absolute atomic E-state index is 0.563. The molecule has 0 saturated heterocycles. The van der Waals surface area contributed by atoms with Crippen molar-refractivity contribution in [3.63, 3.8) is 0 Å². The second kappa shape index (κ2) is 4.76. The van der Waals surface area contributed by atoms with Gasteiger partial charge in [0.15, 0.2) is 0 Å². The largest absolute Gasteiger partial charge is 0.248 e. The molecule has 1 aliphatic rings. The summed E-state index contributed by atoms with van der Waals surface area (Å²) in [4.78, 5) is 4.10. The van der Waals surface area contributed by atoms with Gasteiger partial charge in [0.05, 0.1) is 5.56 Å². The van der Waals surface area contributed by atoms with Crippen molar-refractivity contribution >= 4 is 15.9 Å². The zero-order valence-corrected chi connectivity index (χ0v) is 10.1. The lowest BCUT2D eigenvalue weighted by Gasteiger charge is -2.22. The predicted octanol–water partition coefficient (Wildman–Crippen LogP) is 3.76. The molecule has 3 heteroatoms. The van der Waals surface area contributed by atoms with Crippen LogP contribution in [0.1, 0.15) is 49.1 Å². The fourth-order valence-electron chi connectivity index (χ4n) is 2.31. The first kappa shape index (κ1) is 10.6. The summed E-state index contributed by atoms with van der Waals surface area (Å²) in [5, 5.41) is 9.11. The molecule has 1 aliphatic carbocycles. The zero-order chi connectivity index (χ0) is 10.7. The zero-order valence-electron chi connectivity index (χ0n) is 8.54. The minimum atomic E-state index is 0.563. The van der Waals surface area contributed by atoms with Crippen molar-refractivity contribution in [2.75, 3.05) is 0 Å². The maximum atomic E-state index is 9.11. The van der Waals surface area contributed by atoms with E-state index in [1.165, 1.54) is 37.7 Å². The maximum absolute atomic E-state index is 9.11. The molecule has 1 fully saturated rings. The second-order valence-corrected chi connectivity index (χ2v) is 4.76. The highest BCUT2D eigenvalue weighted by molar-refractivity contribution is 9.10. The van der Waals surface area contributed by atoms with Crippen LogP contribution in [0.3, 0.4) is 0 Å².